The van der Waals surface area contributed by atoms with Crippen molar-refractivity contribution in [1.29, 1.82) is 0 Å². The Morgan fingerprint density at radius 3 is 3.05 bits per heavy atom. The Morgan fingerprint density at radius 1 is 1.33 bits per heavy atom. The van der Waals surface area contributed by atoms with Crippen LogP contribution in [-0.4, -0.2) is 29.0 Å². The summed E-state index contributed by atoms with van der Waals surface area (Å²) >= 11 is 0. The lowest BCUT2D eigenvalue weighted by molar-refractivity contribution is 0.0115. The van der Waals surface area contributed by atoms with Crippen molar-refractivity contribution >= 4 is 10.9 Å². The first-order valence-electron chi connectivity index (χ1n) is 8.15. The van der Waals surface area contributed by atoms with Crippen LogP contribution in [0.25, 0.3) is 10.9 Å². The summed E-state index contributed by atoms with van der Waals surface area (Å²) in [6.07, 6.45) is 5.32. The highest BCUT2D eigenvalue weighted by Gasteiger charge is 2.13. The van der Waals surface area contributed by atoms with E-state index in [0.717, 1.165) is 38.4 Å². The number of aromatic nitrogens is 2. The van der Waals surface area contributed by atoms with Crippen LogP contribution in [0.2, 0.25) is 0 Å². The second-order valence-electron chi connectivity index (χ2n) is 5.73. The number of hydrogen-bond donors (Lipinski definition) is 1. The SMILES string of the molecule is CCn1nc(CNCCC2CCCCO2)c2ccccc21. The van der Waals surface area contributed by atoms with Crippen LogP contribution in [0.15, 0.2) is 24.3 Å². The largest absolute Gasteiger partial charge is 0.378 e. The molecule has 4 nitrogen and oxygen atoms in total. The second-order valence-corrected chi connectivity index (χ2v) is 5.73. The number of nitrogens with zero attached hydrogens (tertiary/aromatic N) is 2. The number of aryl methyl sites for hydroxylation is 1. The maximum atomic E-state index is 5.76. The van der Waals surface area contributed by atoms with Gasteiger partial charge in [0.05, 0.1) is 17.3 Å². The van der Waals surface area contributed by atoms with Crippen molar-refractivity contribution < 1.29 is 4.74 Å². The fourth-order valence-corrected chi connectivity index (χ4v) is 3.07. The highest BCUT2D eigenvalue weighted by atomic mass is 16.5. The minimum atomic E-state index is 0.455. The van der Waals surface area contributed by atoms with E-state index in [2.05, 4.69) is 41.2 Å². The zero-order chi connectivity index (χ0) is 14.5. The van der Waals surface area contributed by atoms with Crippen LogP contribution in [0.5, 0.6) is 0 Å². The van der Waals surface area contributed by atoms with E-state index in [1.165, 1.54) is 30.2 Å². The molecule has 1 unspecified atom stereocenters. The van der Waals surface area contributed by atoms with Gasteiger partial charge in [0.15, 0.2) is 0 Å². The smallest absolute Gasteiger partial charge is 0.0841 e. The van der Waals surface area contributed by atoms with E-state index in [0.29, 0.717) is 6.10 Å². The minimum absolute atomic E-state index is 0.455. The lowest BCUT2D eigenvalue weighted by Gasteiger charge is -2.22. The van der Waals surface area contributed by atoms with E-state index in [4.69, 9.17) is 9.84 Å². The van der Waals surface area contributed by atoms with Gasteiger partial charge >= 0.3 is 0 Å². The van der Waals surface area contributed by atoms with Gasteiger partial charge in [-0.25, -0.2) is 0 Å². The summed E-state index contributed by atoms with van der Waals surface area (Å²) in [6, 6.07) is 8.47. The van der Waals surface area contributed by atoms with Gasteiger partial charge in [-0.15, -0.1) is 0 Å². The third kappa shape index (κ3) is 3.44. The topological polar surface area (TPSA) is 39.1 Å². The van der Waals surface area contributed by atoms with Crippen LogP contribution < -0.4 is 5.32 Å². The molecule has 114 valence electrons. The molecule has 1 aliphatic heterocycles. The summed E-state index contributed by atoms with van der Waals surface area (Å²) in [5.41, 5.74) is 2.38. The lowest BCUT2D eigenvalue weighted by Crippen LogP contribution is -2.25. The average molecular weight is 287 g/mol. The van der Waals surface area contributed by atoms with E-state index in [1.807, 2.05) is 0 Å². The van der Waals surface area contributed by atoms with Crippen molar-refractivity contribution in [3.8, 4) is 0 Å². The predicted molar refractivity (Wildman–Crippen MR) is 85.3 cm³/mol. The van der Waals surface area contributed by atoms with E-state index >= 15 is 0 Å². The molecule has 2 heterocycles. The molecule has 1 saturated heterocycles. The van der Waals surface area contributed by atoms with E-state index in [9.17, 15) is 0 Å². The summed E-state index contributed by atoms with van der Waals surface area (Å²) in [6.45, 7) is 5.82. The van der Waals surface area contributed by atoms with Crippen LogP contribution in [0.4, 0.5) is 0 Å². The zero-order valence-corrected chi connectivity index (χ0v) is 12.8. The first-order chi connectivity index (χ1) is 10.4. The molecule has 1 aliphatic rings. The van der Waals surface area contributed by atoms with E-state index in [-0.39, 0.29) is 0 Å². The molecule has 1 aromatic carbocycles. The van der Waals surface area contributed by atoms with Crippen molar-refractivity contribution in [2.24, 2.45) is 0 Å². The molecule has 1 N–H and O–H groups in total. The average Bonchev–Trinajstić information content (AvgIpc) is 2.91. The van der Waals surface area contributed by atoms with Crippen LogP contribution >= 0.6 is 0 Å². The van der Waals surface area contributed by atoms with Gasteiger partial charge < -0.3 is 10.1 Å². The van der Waals surface area contributed by atoms with Gasteiger partial charge in [-0.2, -0.15) is 5.10 Å². The molecule has 0 bridgehead atoms. The summed E-state index contributed by atoms with van der Waals surface area (Å²) in [4.78, 5) is 0. The third-order valence-corrected chi connectivity index (χ3v) is 4.24. The van der Waals surface area contributed by atoms with Gasteiger partial charge in [0.2, 0.25) is 0 Å². The van der Waals surface area contributed by atoms with E-state index in [1.54, 1.807) is 0 Å². The van der Waals surface area contributed by atoms with Gasteiger partial charge in [-0.05, 0) is 45.2 Å². The fraction of sp³-hybridized carbons (Fsp3) is 0.588. The normalized spacial score (nSPS) is 19.2. The number of hydrogen-bond acceptors (Lipinski definition) is 3. The quantitative estimate of drug-likeness (QED) is 0.830. The summed E-state index contributed by atoms with van der Waals surface area (Å²) in [5.74, 6) is 0. The molecule has 2 aromatic rings. The summed E-state index contributed by atoms with van der Waals surface area (Å²) in [7, 11) is 0. The zero-order valence-electron chi connectivity index (χ0n) is 12.8. The molecule has 0 radical (unpaired) electrons. The number of benzene rings is 1. The number of nitrogens with one attached hydrogen (secondary N) is 1. The first-order valence-corrected chi connectivity index (χ1v) is 8.15. The molecule has 3 rings (SSSR count). The molecule has 1 fully saturated rings. The van der Waals surface area contributed by atoms with Crippen molar-refractivity contribution in [3.05, 3.63) is 30.0 Å². The van der Waals surface area contributed by atoms with Crippen molar-refractivity contribution in [2.45, 2.75) is 51.8 Å². The molecule has 0 saturated carbocycles. The van der Waals surface area contributed by atoms with Crippen molar-refractivity contribution in [2.75, 3.05) is 13.2 Å². The van der Waals surface area contributed by atoms with Gasteiger partial charge in [0.25, 0.3) is 0 Å². The van der Waals surface area contributed by atoms with Gasteiger partial charge in [-0.3, -0.25) is 4.68 Å². The monoisotopic (exact) mass is 287 g/mol. The predicted octanol–water partition coefficient (Wildman–Crippen LogP) is 3.11. The first kappa shape index (κ1) is 14.5. The molecule has 0 aliphatic carbocycles. The fourth-order valence-electron chi connectivity index (χ4n) is 3.07. The van der Waals surface area contributed by atoms with Crippen molar-refractivity contribution in [1.82, 2.24) is 15.1 Å². The molecule has 21 heavy (non-hydrogen) atoms. The Balaban J connectivity index is 1.55. The maximum Gasteiger partial charge on any atom is 0.0841 e. The maximum absolute atomic E-state index is 5.76. The molecular formula is C17H25N3O. The van der Waals surface area contributed by atoms with Crippen LogP contribution in [0.1, 0.15) is 38.3 Å². The molecule has 1 atom stereocenters. The summed E-state index contributed by atoms with van der Waals surface area (Å²) < 4.78 is 7.84. The Labute approximate surface area is 126 Å². The Kier molecular flexibility index (Phi) is 4.88. The Bertz CT molecular complexity index is 572. The Hall–Kier alpha value is -1.39. The van der Waals surface area contributed by atoms with Crippen LogP contribution in [0.3, 0.4) is 0 Å². The molecule has 4 heteroatoms. The molecule has 0 amide bonds. The van der Waals surface area contributed by atoms with E-state index < -0.39 is 0 Å². The highest BCUT2D eigenvalue weighted by Crippen LogP contribution is 2.18. The lowest BCUT2D eigenvalue weighted by atomic mass is 10.1. The van der Waals surface area contributed by atoms with Gasteiger partial charge in [-0.1, -0.05) is 18.2 Å². The minimum Gasteiger partial charge on any atom is -0.378 e. The number of rotatable bonds is 6. The third-order valence-electron chi connectivity index (χ3n) is 4.24. The van der Waals surface area contributed by atoms with Crippen molar-refractivity contribution in [3.63, 3.8) is 0 Å². The second kappa shape index (κ2) is 7.05. The van der Waals surface area contributed by atoms with Crippen LogP contribution in [0, 0.1) is 0 Å². The molecular weight excluding hydrogens is 262 g/mol. The van der Waals surface area contributed by atoms with Gasteiger partial charge in [0.1, 0.15) is 0 Å². The number of para-hydroxylation sites is 1. The van der Waals surface area contributed by atoms with Gasteiger partial charge in [0, 0.05) is 25.1 Å². The Morgan fingerprint density at radius 2 is 2.24 bits per heavy atom. The summed E-state index contributed by atoms with van der Waals surface area (Å²) in [5, 5.41) is 9.50. The van der Waals surface area contributed by atoms with Crippen LogP contribution in [-0.2, 0) is 17.8 Å². The standard InChI is InChI=1S/C17H25N3O/c1-2-20-17-9-4-3-8-15(17)16(19-20)13-18-11-10-14-7-5-6-12-21-14/h3-4,8-9,14,18H,2,5-7,10-13H2,1H3. The highest BCUT2D eigenvalue weighted by molar-refractivity contribution is 5.81. The number of fused-ring (bicyclic) bond motifs is 1. The number of ether oxygens (including phenoxy) is 1. The molecule has 1 aromatic heterocycles. The molecule has 0 spiro atoms.